The van der Waals surface area contributed by atoms with E-state index in [0.29, 0.717) is 6.04 Å². The summed E-state index contributed by atoms with van der Waals surface area (Å²) in [5.74, 6) is 0.898. The number of hydrogen-bond acceptors (Lipinski definition) is 2. The Balaban J connectivity index is 1.99. The van der Waals surface area contributed by atoms with Crippen LogP contribution < -0.4 is 5.73 Å². The van der Waals surface area contributed by atoms with Crippen LogP contribution >= 0.6 is 0 Å². The summed E-state index contributed by atoms with van der Waals surface area (Å²) in [7, 11) is 0. The summed E-state index contributed by atoms with van der Waals surface area (Å²) in [4.78, 5) is 0. The average Bonchev–Trinajstić information content (AvgIpc) is 2.77. The maximum absolute atomic E-state index is 5.82. The van der Waals surface area contributed by atoms with Gasteiger partial charge in [0.1, 0.15) is 0 Å². The smallest absolute Gasteiger partial charge is 0.0522 e. The van der Waals surface area contributed by atoms with Crippen LogP contribution in [0.15, 0.2) is 12.4 Å². The standard InChI is InChI=1S/C14H25N3/c1-3-12-5-4-6-14(8-12)17-10-13(9-16-17)7-11(2)15/h9-12,14H,3-8,15H2,1-2H3. The van der Waals surface area contributed by atoms with Crippen molar-refractivity contribution in [2.75, 3.05) is 0 Å². The van der Waals surface area contributed by atoms with Crippen LogP contribution in [0.2, 0.25) is 0 Å². The molecule has 1 aromatic rings. The molecule has 1 saturated carbocycles. The minimum absolute atomic E-state index is 0.224. The van der Waals surface area contributed by atoms with Crippen LogP contribution in [0.1, 0.15) is 57.6 Å². The Morgan fingerprint density at radius 1 is 1.53 bits per heavy atom. The molecule has 17 heavy (non-hydrogen) atoms. The maximum Gasteiger partial charge on any atom is 0.0522 e. The van der Waals surface area contributed by atoms with Crippen molar-refractivity contribution in [3.8, 4) is 0 Å². The minimum atomic E-state index is 0.224. The molecule has 0 amide bonds. The van der Waals surface area contributed by atoms with E-state index in [1.165, 1.54) is 37.7 Å². The van der Waals surface area contributed by atoms with Gasteiger partial charge in [-0.2, -0.15) is 5.10 Å². The van der Waals surface area contributed by atoms with Gasteiger partial charge in [0.15, 0.2) is 0 Å². The van der Waals surface area contributed by atoms with E-state index in [4.69, 9.17) is 5.73 Å². The van der Waals surface area contributed by atoms with E-state index < -0.39 is 0 Å². The van der Waals surface area contributed by atoms with Crippen molar-refractivity contribution in [2.45, 2.75) is 64.5 Å². The monoisotopic (exact) mass is 235 g/mol. The third-order valence-corrected chi connectivity index (χ3v) is 3.92. The normalized spacial score (nSPS) is 27.0. The Hall–Kier alpha value is -0.830. The third-order valence-electron chi connectivity index (χ3n) is 3.92. The first-order valence-corrected chi connectivity index (χ1v) is 6.97. The van der Waals surface area contributed by atoms with Crippen LogP contribution in [-0.2, 0) is 6.42 Å². The predicted molar refractivity (Wildman–Crippen MR) is 70.9 cm³/mol. The SMILES string of the molecule is CCC1CCCC(n2cc(CC(C)N)cn2)C1. The van der Waals surface area contributed by atoms with Crippen molar-refractivity contribution in [3.05, 3.63) is 18.0 Å². The molecule has 1 aliphatic rings. The summed E-state index contributed by atoms with van der Waals surface area (Å²) < 4.78 is 2.18. The van der Waals surface area contributed by atoms with Crippen molar-refractivity contribution in [1.82, 2.24) is 9.78 Å². The summed E-state index contributed by atoms with van der Waals surface area (Å²) in [5, 5.41) is 4.52. The molecule has 0 saturated heterocycles. The highest BCUT2D eigenvalue weighted by atomic mass is 15.3. The molecule has 0 spiro atoms. The van der Waals surface area contributed by atoms with Gasteiger partial charge in [0, 0.05) is 12.2 Å². The van der Waals surface area contributed by atoms with Crippen LogP contribution in [0.5, 0.6) is 0 Å². The molecule has 2 N–H and O–H groups in total. The van der Waals surface area contributed by atoms with Gasteiger partial charge in [-0.05, 0) is 37.7 Å². The van der Waals surface area contributed by atoms with Gasteiger partial charge in [-0.15, -0.1) is 0 Å². The molecule has 1 aromatic heterocycles. The van der Waals surface area contributed by atoms with E-state index in [0.717, 1.165) is 12.3 Å². The third kappa shape index (κ3) is 3.32. The second-order valence-corrected chi connectivity index (χ2v) is 5.60. The largest absolute Gasteiger partial charge is 0.328 e. The zero-order chi connectivity index (χ0) is 12.3. The van der Waals surface area contributed by atoms with Crippen molar-refractivity contribution in [1.29, 1.82) is 0 Å². The van der Waals surface area contributed by atoms with E-state index in [1.807, 2.05) is 13.1 Å². The predicted octanol–water partition coefficient (Wildman–Crippen LogP) is 2.91. The minimum Gasteiger partial charge on any atom is -0.328 e. The summed E-state index contributed by atoms with van der Waals surface area (Å²) in [6, 6.07) is 0.845. The van der Waals surface area contributed by atoms with Crippen molar-refractivity contribution < 1.29 is 0 Å². The first kappa shape index (κ1) is 12.6. The Kier molecular flexibility index (Phi) is 4.21. The molecule has 3 nitrogen and oxygen atoms in total. The molecule has 3 heteroatoms. The number of nitrogens with two attached hydrogens (primary N) is 1. The van der Waals surface area contributed by atoms with Crippen molar-refractivity contribution >= 4 is 0 Å². The fourth-order valence-corrected chi connectivity index (χ4v) is 2.93. The van der Waals surface area contributed by atoms with Gasteiger partial charge in [-0.1, -0.05) is 26.2 Å². The summed E-state index contributed by atoms with van der Waals surface area (Å²) >= 11 is 0. The molecule has 0 radical (unpaired) electrons. The summed E-state index contributed by atoms with van der Waals surface area (Å²) in [5.41, 5.74) is 7.10. The molecular formula is C14H25N3. The zero-order valence-corrected chi connectivity index (χ0v) is 11.1. The molecule has 1 heterocycles. The van der Waals surface area contributed by atoms with E-state index in [9.17, 15) is 0 Å². The van der Waals surface area contributed by atoms with Crippen LogP contribution in [0, 0.1) is 5.92 Å². The first-order valence-electron chi connectivity index (χ1n) is 6.97. The molecule has 0 aromatic carbocycles. The van der Waals surface area contributed by atoms with Crippen LogP contribution in [0.25, 0.3) is 0 Å². The lowest BCUT2D eigenvalue weighted by molar-refractivity contribution is 0.247. The van der Waals surface area contributed by atoms with Gasteiger partial charge in [0.25, 0.3) is 0 Å². The fourth-order valence-electron chi connectivity index (χ4n) is 2.93. The topological polar surface area (TPSA) is 43.8 Å². The van der Waals surface area contributed by atoms with E-state index >= 15 is 0 Å². The Bertz CT molecular complexity index is 343. The number of hydrogen-bond donors (Lipinski definition) is 1. The lowest BCUT2D eigenvalue weighted by atomic mass is 9.84. The van der Waals surface area contributed by atoms with Gasteiger partial charge in [0.2, 0.25) is 0 Å². The highest BCUT2D eigenvalue weighted by Crippen LogP contribution is 2.33. The molecule has 2 rings (SSSR count). The van der Waals surface area contributed by atoms with Crippen molar-refractivity contribution in [3.63, 3.8) is 0 Å². The Morgan fingerprint density at radius 3 is 3.06 bits per heavy atom. The molecule has 96 valence electrons. The van der Waals surface area contributed by atoms with Gasteiger partial charge >= 0.3 is 0 Å². The summed E-state index contributed by atoms with van der Waals surface area (Å²) in [6.45, 7) is 4.35. The molecular weight excluding hydrogens is 210 g/mol. The molecule has 3 atom stereocenters. The van der Waals surface area contributed by atoms with E-state index in [2.05, 4.69) is 22.9 Å². The maximum atomic E-state index is 5.82. The lowest BCUT2D eigenvalue weighted by Crippen LogP contribution is -2.19. The van der Waals surface area contributed by atoms with Crippen LogP contribution in [0.4, 0.5) is 0 Å². The van der Waals surface area contributed by atoms with Gasteiger partial charge in [-0.25, -0.2) is 0 Å². The average molecular weight is 235 g/mol. The highest BCUT2D eigenvalue weighted by Gasteiger charge is 2.22. The number of rotatable bonds is 4. The first-order chi connectivity index (χ1) is 8.19. The molecule has 1 aliphatic carbocycles. The highest BCUT2D eigenvalue weighted by molar-refractivity contribution is 5.06. The lowest BCUT2D eigenvalue weighted by Gasteiger charge is -2.28. The second kappa shape index (κ2) is 5.67. The zero-order valence-electron chi connectivity index (χ0n) is 11.1. The van der Waals surface area contributed by atoms with Gasteiger partial charge in [-0.3, -0.25) is 4.68 Å². The molecule has 0 aliphatic heterocycles. The molecule has 0 bridgehead atoms. The summed E-state index contributed by atoms with van der Waals surface area (Å²) in [6.07, 6.45) is 11.8. The van der Waals surface area contributed by atoms with Crippen molar-refractivity contribution in [2.24, 2.45) is 11.7 Å². The van der Waals surface area contributed by atoms with Crippen LogP contribution in [0.3, 0.4) is 0 Å². The Morgan fingerprint density at radius 2 is 2.35 bits per heavy atom. The number of aromatic nitrogens is 2. The van der Waals surface area contributed by atoms with Gasteiger partial charge in [0.05, 0.1) is 12.2 Å². The van der Waals surface area contributed by atoms with E-state index in [1.54, 1.807) is 0 Å². The Labute approximate surface area is 104 Å². The van der Waals surface area contributed by atoms with E-state index in [-0.39, 0.29) is 6.04 Å². The van der Waals surface area contributed by atoms with Crippen LogP contribution in [-0.4, -0.2) is 15.8 Å². The van der Waals surface area contributed by atoms with Gasteiger partial charge < -0.3 is 5.73 Å². The molecule has 1 fully saturated rings. The second-order valence-electron chi connectivity index (χ2n) is 5.60. The quantitative estimate of drug-likeness (QED) is 0.872. The fraction of sp³-hybridized carbons (Fsp3) is 0.786. The number of nitrogens with zero attached hydrogens (tertiary/aromatic N) is 2. The molecule has 3 unspecified atom stereocenters.